The molecule has 0 heterocycles. The number of halogens is 10. The number of benzene rings is 3. The van der Waals surface area contributed by atoms with Gasteiger partial charge in [-0.05, 0) is 41.5 Å². The fourth-order valence-electron chi connectivity index (χ4n) is 3.46. The van der Waals surface area contributed by atoms with Crippen molar-refractivity contribution < 1.29 is 58.5 Å². The number of rotatable bonds is 10. The third kappa shape index (κ3) is 7.76. The predicted molar refractivity (Wildman–Crippen MR) is 118 cm³/mol. The summed E-state index contributed by atoms with van der Waals surface area (Å²) in [5, 5.41) is 11.8. The first-order valence-corrected chi connectivity index (χ1v) is 10.9. The Labute approximate surface area is 214 Å². The summed E-state index contributed by atoms with van der Waals surface area (Å²) in [4.78, 5) is 0. The normalized spacial score (nSPS) is 14.3. The van der Waals surface area contributed by atoms with Crippen molar-refractivity contribution >= 4 is 0 Å². The van der Waals surface area contributed by atoms with E-state index in [1.165, 1.54) is 42.5 Å². The SMILES string of the molecule is OC(CNC(c1cccc(Oc2cccc(OC(F)F)c2)c1)c1cccc(C(F)(F)C(F)(F)F)c1)C(F)(F)F. The summed E-state index contributed by atoms with van der Waals surface area (Å²) < 4.78 is 140. The topological polar surface area (TPSA) is 50.7 Å². The van der Waals surface area contributed by atoms with Gasteiger partial charge in [-0.2, -0.15) is 43.9 Å². The number of hydrogen-bond donors (Lipinski definition) is 2. The van der Waals surface area contributed by atoms with E-state index in [0.29, 0.717) is 12.1 Å². The summed E-state index contributed by atoms with van der Waals surface area (Å²) >= 11 is 0. The first-order valence-electron chi connectivity index (χ1n) is 10.9. The maximum Gasteiger partial charge on any atom is 0.458 e. The average Bonchev–Trinajstić information content (AvgIpc) is 2.83. The quantitative estimate of drug-likeness (QED) is 0.250. The van der Waals surface area contributed by atoms with Crippen LogP contribution in [0.4, 0.5) is 43.9 Å². The number of nitrogens with one attached hydrogen (secondary N) is 1. The van der Waals surface area contributed by atoms with Gasteiger partial charge in [0.05, 0.1) is 6.04 Å². The van der Waals surface area contributed by atoms with Crippen LogP contribution >= 0.6 is 0 Å². The highest BCUT2D eigenvalue weighted by Crippen LogP contribution is 2.44. The number of alkyl halides is 10. The van der Waals surface area contributed by atoms with E-state index in [1.807, 2.05) is 0 Å². The van der Waals surface area contributed by atoms with Crippen molar-refractivity contribution in [3.63, 3.8) is 0 Å². The van der Waals surface area contributed by atoms with E-state index >= 15 is 0 Å². The number of ether oxygens (including phenoxy) is 2. The zero-order chi connectivity index (χ0) is 29.0. The maximum absolute atomic E-state index is 14.0. The second-order valence-electron chi connectivity index (χ2n) is 8.12. The van der Waals surface area contributed by atoms with Crippen LogP contribution in [0.2, 0.25) is 0 Å². The molecule has 14 heteroatoms. The first kappa shape index (κ1) is 30.0. The summed E-state index contributed by atoms with van der Waals surface area (Å²) in [6, 6.07) is 12.0. The Kier molecular flexibility index (Phi) is 9.01. The van der Waals surface area contributed by atoms with Gasteiger partial charge in [-0.15, -0.1) is 0 Å². The minimum absolute atomic E-state index is 0.0154. The van der Waals surface area contributed by atoms with Crippen LogP contribution in [-0.2, 0) is 5.92 Å². The number of aliphatic hydroxyl groups excluding tert-OH is 1. The van der Waals surface area contributed by atoms with Gasteiger partial charge in [-0.3, -0.25) is 0 Å². The molecule has 212 valence electrons. The summed E-state index contributed by atoms with van der Waals surface area (Å²) in [5.74, 6) is -5.45. The third-order valence-electron chi connectivity index (χ3n) is 5.29. The molecule has 0 aliphatic carbocycles. The van der Waals surface area contributed by atoms with Crippen LogP contribution in [-0.4, -0.2) is 36.7 Å². The molecule has 2 unspecified atom stereocenters. The Hall–Kier alpha value is -3.52. The van der Waals surface area contributed by atoms with Gasteiger partial charge >= 0.3 is 24.9 Å². The monoisotopic (exact) mass is 571 g/mol. The molecule has 0 saturated heterocycles. The van der Waals surface area contributed by atoms with Crippen LogP contribution in [0.5, 0.6) is 17.2 Å². The Balaban J connectivity index is 1.98. The van der Waals surface area contributed by atoms with Gasteiger partial charge in [0.2, 0.25) is 0 Å². The molecule has 0 spiro atoms. The standard InChI is InChI=1S/C25H19F10NO3/c26-22(27)39-19-9-3-8-18(12-19)38-17-7-2-5-15(11-17)21(36-13-20(37)24(30,31)32)14-4-1-6-16(10-14)23(28,29)25(33,34)35/h1-12,20-22,36-37H,13H2. The van der Waals surface area contributed by atoms with E-state index in [9.17, 15) is 49.0 Å². The van der Waals surface area contributed by atoms with E-state index in [2.05, 4.69) is 10.1 Å². The molecular weight excluding hydrogens is 552 g/mol. The van der Waals surface area contributed by atoms with Crippen LogP contribution in [0.3, 0.4) is 0 Å². The summed E-state index contributed by atoms with van der Waals surface area (Å²) in [7, 11) is 0. The van der Waals surface area contributed by atoms with Gasteiger partial charge in [-0.25, -0.2) is 0 Å². The van der Waals surface area contributed by atoms with Crippen molar-refractivity contribution in [2.45, 2.75) is 37.0 Å². The highest BCUT2D eigenvalue weighted by Gasteiger charge is 2.58. The molecule has 3 rings (SSSR count). The molecule has 0 radical (unpaired) electrons. The van der Waals surface area contributed by atoms with E-state index in [1.54, 1.807) is 0 Å². The van der Waals surface area contributed by atoms with Crippen molar-refractivity contribution in [3.8, 4) is 17.2 Å². The van der Waals surface area contributed by atoms with Gasteiger partial charge < -0.3 is 19.9 Å². The fraction of sp³-hybridized carbons (Fsp3) is 0.280. The molecule has 0 fully saturated rings. The molecule has 0 amide bonds. The largest absolute Gasteiger partial charge is 0.458 e. The predicted octanol–water partition coefficient (Wildman–Crippen LogP) is 7.34. The average molecular weight is 571 g/mol. The number of hydrogen-bond acceptors (Lipinski definition) is 4. The molecule has 2 N–H and O–H groups in total. The summed E-state index contributed by atoms with van der Waals surface area (Å²) in [6.45, 7) is -4.24. The highest BCUT2D eigenvalue weighted by atomic mass is 19.4. The minimum Gasteiger partial charge on any atom is -0.457 e. The van der Waals surface area contributed by atoms with Crippen LogP contribution in [0.15, 0.2) is 72.8 Å². The van der Waals surface area contributed by atoms with Gasteiger partial charge in [0.15, 0.2) is 6.10 Å². The second kappa shape index (κ2) is 11.7. The minimum atomic E-state index is -5.93. The van der Waals surface area contributed by atoms with Crippen molar-refractivity contribution in [2.75, 3.05) is 6.54 Å². The zero-order valence-corrected chi connectivity index (χ0v) is 19.4. The molecule has 0 bridgehead atoms. The lowest BCUT2D eigenvalue weighted by atomic mass is 9.95. The Morgan fingerprint density at radius 1 is 0.718 bits per heavy atom. The van der Waals surface area contributed by atoms with Crippen molar-refractivity contribution in [1.82, 2.24) is 5.32 Å². The van der Waals surface area contributed by atoms with Crippen LogP contribution in [0.25, 0.3) is 0 Å². The Bertz CT molecular complexity index is 1250. The number of aliphatic hydroxyl groups is 1. The fourth-order valence-corrected chi connectivity index (χ4v) is 3.46. The van der Waals surface area contributed by atoms with E-state index < -0.39 is 49.1 Å². The lowest BCUT2D eigenvalue weighted by Crippen LogP contribution is -2.40. The molecule has 0 aliphatic rings. The van der Waals surface area contributed by atoms with E-state index in [0.717, 1.165) is 18.2 Å². The third-order valence-corrected chi connectivity index (χ3v) is 5.29. The van der Waals surface area contributed by atoms with Gasteiger partial charge in [0.25, 0.3) is 0 Å². The van der Waals surface area contributed by atoms with Gasteiger partial charge in [0, 0.05) is 18.2 Å². The molecule has 0 aliphatic heterocycles. The Morgan fingerprint density at radius 2 is 1.26 bits per heavy atom. The molecule has 2 atom stereocenters. The molecule has 0 aromatic heterocycles. The van der Waals surface area contributed by atoms with Crippen molar-refractivity contribution in [2.24, 2.45) is 0 Å². The van der Waals surface area contributed by atoms with Crippen LogP contribution < -0.4 is 14.8 Å². The lowest BCUT2D eigenvalue weighted by Gasteiger charge is -2.25. The van der Waals surface area contributed by atoms with E-state index in [-0.39, 0.29) is 28.4 Å². The summed E-state index contributed by atoms with van der Waals surface area (Å²) in [5.41, 5.74) is -1.65. The first-order chi connectivity index (χ1) is 18.1. The molecule has 3 aromatic carbocycles. The van der Waals surface area contributed by atoms with Crippen molar-refractivity contribution in [1.29, 1.82) is 0 Å². The molecule has 4 nitrogen and oxygen atoms in total. The smallest absolute Gasteiger partial charge is 0.457 e. The maximum atomic E-state index is 14.0. The molecule has 39 heavy (non-hydrogen) atoms. The summed E-state index contributed by atoms with van der Waals surface area (Å²) in [6.07, 6.45) is -13.9. The van der Waals surface area contributed by atoms with Gasteiger partial charge in [0.1, 0.15) is 17.2 Å². The molecule has 0 saturated carbocycles. The lowest BCUT2D eigenvalue weighted by molar-refractivity contribution is -0.289. The molecule has 3 aromatic rings. The van der Waals surface area contributed by atoms with Gasteiger partial charge in [-0.1, -0.05) is 36.4 Å². The Morgan fingerprint density at radius 3 is 1.85 bits per heavy atom. The zero-order valence-electron chi connectivity index (χ0n) is 19.4. The van der Waals surface area contributed by atoms with Crippen LogP contribution in [0, 0.1) is 0 Å². The highest BCUT2D eigenvalue weighted by molar-refractivity contribution is 5.42. The van der Waals surface area contributed by atoms with Crippen LogP contribution in [0.1, 0.15) is 22.7 Å². The van der Waals surface area contributed by atoms with E-state index in [4.69, 9.17) is 4.74 Å². The molecular formula is C25H19F10NO3. The van der Waals surface area contributed by atoms with Crippen molar-refractivity contribution in [3.05, 3.63) is 89.5 Å². The second-order valence-corrected chi connectivity index (χ2v) is 8.12.